The summed E-state index contributed by atoms with van der Waals surface area (Å²) >= 11 is 0. The van der Waals surface area contributed by atoms with E-state index in [1.165, 1.54) is 4.90 Å². The van der Waals surface area contributed by atoms with Gasteiger partial charge in [-0.1, -0.05) is 0 Å². The summed E-state index contributed by atoms with van der Waals surface area (Å²) in [6.45, 7) is 5.29. The number of halogens is 1. The number of ether oxygens (including phenoxy) is 1. The van der Waals surface area contributed by atoms with E-state index in [-0.39, 0.29) is 18.0 Å². The molecule has 0 spiro atoms. The van der Waals surface area contributed by atoms with E-state index in [2.05, 4.69) is 0 Å². The third-order valence-corrected chi connectivity index (χ3v) is 3.62. The lowest BCUT2D eigenvalue weighted by Crippen LogP contribution is -2.51. The molecule has 0 saturated carbocycles. The molecule has 3 atom stereocenters. The van der Waals surface area contributed by atoms with Gasteiger partial charge in [-0.2, -0.15) is 0 Å². The van der Waals surface area contributed by atoms with Gasteiger partial charge >= 0.3 is 12.1 Å². The molecule has 2 heterocycles. The summed E-state index contributed by atoms with van der Waals surface area (Å²) in [7, 11) is 0. The molecule has 2 aliphatic rings. The molecule has 1 amide bonds. The molecule has 0 aromatic carbocycles. The molecule has 112 valence electrons. The largest absolute Gasteiger partial charge is 0.478 e. The Hall–Kier alpha value is -1.59. The molecule has 0 aliphatic carbocycles. The SMILES string of the molecule is CC(C)(C)OC(=O)N1C2CCC1C(F)C(=CC(=O)O)C2. The van der Waals surface area contributed by atoms with Crippen molar-refractivity contribution < 1.29 is 23.8 Å². The highest BCUT2D eigenvalue weighted by Crippen LogP contribution is 2.40. The number of hydrogen-bond donors (Lipinski definition) is 1. The number of hydrogen-bond acceptors (Lipinski definition) is 3. The number of carbonyl (C=O) groups is 2. The van der Waals surface area contributed by atoms with Crippen molar-refractivity contribution >= 4 is 12.1 Å². The van der Waals surface area contributed by atoms with Crippen molar-refractivity contribution in [1.82, 2.24) is 4.90 Å². The highest BCUT2D eigenvalue weighted by molar-refractivity contribution is 5.81. The van der Waals surface area contributed by atoms with Crippen molar-refractivity contribution in [2.24, 2.45) is 0 Å². The second-order valence-electron chi connectivity index (χ2n) is 6.35. The summed E-state index contributed by atoms with van der Waals surface area (Å²) in [5.41, 5.74) is -0.357. The van der Waals surface area contributed by atoms with Gasteiger partial charge in [-0.25, -0.2) is 14.0 Å². The number of carboxylic acids is 1. The smallest absolute Gasteiger partial charge is 0.410 e. The van der Waals surface area contributed by atoms with Crippen LogP contribution in [0, 0.1) is 0 Å². The monoisotopic (exact) mass is 285 g/mol. The minimum atomic E-state index is -1.42. The minimum Gasteiger partial charge on any atom is -0.478 e. The lowest BCUT2D eigenvalue weighted by atomic mass is 9.95. The number of alkyl halides is 1. The summed E-state index contributed by atoms with van der Waals surface area (Å²) in [5, 5.41) is 8.76. The van der Waals surface area contributed by atoms with Crippen LogP contribution in [0.5, 0.6) is 0 Å². The Morgan fingerprint density at radius 2 is 2.05 bits per heavy atom. The van der Waals surface area contributed by atoms with Crippen LogP contribution in [0.15, 0.2) is 11.6 Å². The Kier molecular flexibility index (Phi) is 3.75. The van der Waals surface area contributed by atoms with Crippen molar-refractivity contribution in [3.8, 4) is 0 Å². The van der Waals surface area contributed by atoms with E-state index < -0.39 is 29.9 Å². The molecule has 20 heavy (non-hydrogen) atoms. The molecule has 2 aliphatic heterocycles. The molecule has 5 nitrogen and oxygen atoms in total. The van der Waals surface area contributed by atoms with E-state index in [1.807, 2.05) is 0 Å². The first-order valence-corrected chi connectivity index (χ1v) is 6.78. The topological polar surface area (TPSA) is 66.8 Å². The molecular weight excluding hydrogens is 265 g/mol. The highest BCUT2D eigenvalue weighted by Gasteiger charge is 2.48. The van der Waals surface area contributed by atoms with E-state index >= 15 is 0 Å². The van der Waals surface area contributed by atoms with Crippen molar-refractivity contribution in [3.05, 3.63) is 11.6 Å². The van der Waals surface area contributed by atoms with Crippen LogP contribution in [0.3, 0.4) is 0 Å². The number of rotatable bonds is 1. The molecule has 1 N–H and O–H groups in total. The number of amides is 1. The molecule has 0 aromatic heterocycles. The van der Waals surface area contributed by atoms with Gasteiger partial charge in [0.15, 0.2) is 0 Å². The Balaban J connectivity index is 2.17. The van der Waals surface area contributed by atoms with E-state index in [1.54, 1.807) is 20.8 Å². The van der Waals surface area contributed by atoms with Crippen LogP contribution in [0.1, 0.15) is 40.0 Å². The Labute approximate surface area is 117 Å². The van der Waals surface area contributed by atoms with Crippen LogP contribution in [0.2, 0.25) is 0 Å². The van der Waals surface area contributed by atoms with Crippen LogP contribution >= 0.6 is 0 Å². The number of carbonyl (C=O) groups excluding carboxylic acids is 1. The average molecular weight is 285 g/mol. The van der Waals surface area contributed by atoms with E-state index in [0.717, 1.165) is 6.08 Å². The number of aliphatic carboxylic acids is 1. The van der Waals surface area contributed by atoms with Gasteiger partial charge in [0.25, 0.3) is 0 Å². The third kappa shape index (κ3) is 2.94. The quantitative estimate of drug-likeness (QED) is 0.752. The molecular formula is C14H20FNO4. The second-order valence-corrected chi connectivity index (χ2v) is 6.35. The van der Waals surface area contributed by atoms with Crippen LogP contribution in [0.4, 0.5) is 9.18 Å². The van der Waals surface area contributed by atoms with Crippen molar-refractivity contribution in [3.63, 3.8) is 0 Å². The first-order chi connectivity index (χ1) is 9.19. The molecule has 2 fully saturated rings. The maximum atomic E-state index is 14.4. The third-order valence-electron chi connectivity index (χ3n) is 3.62. The van der Waals surface area contributed by atoms with Gasteiger partial charge in [-0.05, 0) is 45.6 Å². The molecule has 2 bridgehead atoms. The van der Waals surface area contributed by atoms with Crippen molar-refractivity contribution in [2.75, 3.05) is 0 Å². The predicted octanol–water partition coefficient (Wildman–Crippen LogP) is 2.51. The molecule has 6 heteroatoms. The Morgan fingerprint density at radius 3 is 2.60 bits per heavy atom. The van der Waals surface area contributed by atoms with Gasteiger partial charge in [0, 0.05) is 12.1 Å². The number of piperidine rings is 1. The van der Waals surface area contributed by atoms with E-state index in [4.69, 9.17) is 9.84 Å². The zero-order valence-corrected chi connectivity index (χ0v) is 11.9. The molecule has 2 rings (SSSR count). The number of fused-ring (bicyclic) bond motifs is 2. The Bertz CT molecular complexity index is 455. The van der Waals surface area contributed by atoms with Gasteiger partial charge < -0.3 is 9.84 Å². The van der Waals surface area contributed by atoms with Crippen LogP contribution in [-0.4, -0.2) is 45.9 Å². The zero-order valence-electron chi connectivity index (χ0n) is 11.9. The molecule has 0 radical (unpaired) electrons. The van der Waals surface area contributed by atoms with Gasteiger partial charge in [0.05, 0.1) is 6.04 Å². The summed E-state index contributed by atoms with van der Waals surface area (Å²) in [6, 6.07) is -0.762. The fraction of sp³-hybridized carbons (Fsp3) is 0.714. The maximum Gasteiger partial charge on any atom is 0.410 e. The summed E-state index contributed by atoms with van der Waals surface area (Å²) in [4.78, 5) is 24.3. The van der Waals surface area contributed by atoms with Crippen LogP contribution < -0.4 is 0 Å². The van der Waals surface area contributed by atoms with Crippen LogP contribution in [-0.2, 0) is 9.53 Å². The molecule has 0 aromatic rings. The number of nitrogens with zero attached hydrogens (tertiary/aromatic N) is 1. The normalized spacial score (nSPS) is 31.5. The van der Waals surface area contributed by atoms with Crippen molar-refractivity contribution in [1.29, 1.82) is 0 Å². The fourth-order valence-electron chi connectivity index (χ4n) is 2.93. The minimum absolute atomic E-state index is 0.160. The highest BCUT2D eigenvalue weighted by atomic mass is 19.1. The van der Waals surface area contributed by atoms with Gasteiger partial charge in [-0.3, -0.25) is 4.90 Å². The van der Waals surface area contributed by atoms with E-state index in [0.29, 0.717) is 12.8 Å². The van der Waals surface area contributed by atoms with Crippen molar-refractivity contribution in [2.45, 2.75) is 63.9 Å². The first-order valence-electron chi connectivity index (χ1n) is 6.78. The summed E-state index contributed by atoms with van der Waals surface area (Å²) < 4.78 is 19.7. The lowest BCUT2D eigenvalue weighted by Gasteiger charge is -2.38. The van der Waals surface area contributed by atoms with E-state index in [9.17, 15) is 14.0 Å². The van der Waals surface area contributed by atoms with Gasteiger partial charge in [0.1, 0.15) is 11.8 Å². The van der Waals surface area contributed by atoms with Gasteiger partial charge in [0.2, 0.25) is 0 Å². The molecule has 2 saturated heterocycles. The summed E-state index contributed by atoms with van der Waals surface area (Å²) in [5.74, 6) is -1.15. The fourth-order valence-corrected chi connectivity index (χ4v) is 2.93. The van der Waals surface area contributed by atoms with Crippen LogP contribution in [0.25, 0.3) is 0 Å². The standard InChI is InChI=1S/C14H20FNO4/c1-14(2,3)20-13(19)16-9-4-5-10(16)12(15)8(6-9)7-11(17)18/h7,9-10,12H,4-6H2,1-3H3,(H,17,18). The predicted molar refractivity (Wildman–Crippen MR) is 70.1 cm³/mol. The van der Waals surface area contributed by atoms with Gasteiger partial charge in [-0.15, -0.1) is 0 Å². The molecule has 3 unspecified atom stereocenters. The average Bonchev–Trinajstić information content (AvgIpc) is 2.61. The lowest BCUT2D eigenvalue weighted by molar-refractivity contribution is -0.131. The Morgan fingerprint density at radius 1 is 1.40 bits per heavy atom. The number of carboxylic acid groups (broad SMARTS) is 1. The maximum absolute atomic E-state index is 14.4. The second kappa shape index (κ2) is 5.07. The first kappa shape index (κ1) is 14.8. The summed E-state index contributed by atoms with van der Waals surface area (Å²) in [6.07, 6.45) is 0.494. The zero-order chi connectivity index (χ0) is 15.1.